The van der Waals surface area contributed by atoms with Crippen molar-refractivity contribution in [1.82, 2.24) is 4.98 Å². The highest BCUT2D eigenvalue weighted by Gasteiger charge is 1.91. The quantitative estimate of drug-likeness (QED) is 0.489. The average molecular weight is 148 g/mol. The van der Waals surface area contributed by atoms with E-state index >= 15 is 0 Å². The predicted molar refractivity (Wildman–Crippen MR) is 41.1 cm³/mol. The molecule has 0 aromatic carbocycles. The fourth-order valence-corrected chi connectivity index (χ4v) is 0.681. The van der Waals surface area contributed by atoms with Crippen molar-refractivity contribution in [3.05, 3.63) is 29.6 Å². The zero-order valence-electron chi connectivity index (χ0n) is 5.95. The topological polar surface area (TPSA) is 48.1 Å². The summed E-state index contributed by atoms with van der Waals surface area (Å²) in [6.07, 6.45) is 6.73. The van der Waals surface area contributed by atoms with Gasteiger partial charge in [0, 0.05) is 11.8 Å². The molecule has 1 heterocycles. The maximum Gasteiger partial charge on any atom is 0.110 e. The van der Waals surface area contributed by atoms with Gasteiger partial charge in [0.25, 0.3) is 0 Å². The Hall–Kier alpha value is -1.37. The summed E-state index contributed by atoms with van der Waals surface area (Å²) in [5.74, 6) is 7.31. The zero-order valence-corrected chi connectivity index (χ0v) is 5.95. The molecule has 1 aromatic rings. The van der Waals surface area contributed by atoms with Gasteiger partial charge in [-0.15, -0.1) is 6.42 Å². The molecule has 11 heavy (non-hydrogen) atoms. The molecular formula is C8H8N2O. The Morgan fingerprint density at radius 2 is 2.45 bits per heavy atom. The number of hydrogen-bond acceptors (Lipinski definition) is 3. The molecule has 0 spiro atoms. The third-order valence-electron chi connectivity index (χ3n) is 1.22. The van der Waals surface area contributed by atoms with Crippen molar-refractivity contribution in [2.45, 2.75) is 6.61 Å². The Morgan fingerprint density at radius 1 is 1.64 bits per heavy atom. The van der Waals surface area contributed by atoms with Crippen molar-refractivity contribution < 1.29 is 4.84 Å². The summed E-state index contributed by atoms with van der Waals surface area (Å²) < 4.78 is 0. The Kier molecular flexibility index (Phi) is 2.61. The second-order valence-corrected chi connectivity index (χ2v) is 1.99. The SMILES string of the molecule is C#Cc1ccc(CON)nc1. The van der Waals surface area contributed by atoms with Crippen molar-refractivity contribution in [3.63, 3.8) is 0 Å². The molecule has 56 valence electrons. The van der Waals surface area contributed by atoms with Crippen LogP contribution in [-0.4, -0.2) is 4.98 Å². The van der Waals surface area contributed by atoms with Gasteiger partial charge in [-0.2, -0.15) is 0 Å². The standard InChI is InChI=1S/C8H8N2O/c1-2-7-3-4-8(6-11-9)10-5-7/h1,3-5H,6,9H2. The van der Waals surface area contributed by atoms with Gasteiger partial charge in [0.15, 0.2) is 0 Å². The van der Waals surface area contributed by atoms with E-state index in [0.29, 0.717) is 6.61 Å². The first-order chi connectivity index (χ1) is 5.36. The van der Waals surface area contributed by atoms with Crippen LogP contribution in [0.15, 0.2) is 18.3 Å². The molecule has 0 radical (unpaired) electrons. The Morgan fingerprint density at radius 3 is 2.91 bits per heavy atom. The number of nitrogens with zero attached hydrogens (tertiary/aromatic N) is 1. The molecule has 0 fully saturated rings. The molecule has 0 aliphatic heterocycles. The molecular weight excluding hydrogens is 140 g/mol. The van der Waals surface area contributed by atoms with Crippen molar-refractivity contribution in [1.29, 1.82) is 0 Å². The minimum atomic E-state index is 0.310. The van der Waals surface area contributed by atoms with E-state index in [-0.39, 0.29) is 0 Å². The van der Waals surface area contributed by atoms with Crippen LogP contribution in [-0.2, 0) is 11.4 Å². The summed E-state index contributed by atoms with van der Waals surface area (Å²) in [5, 5.41) is 0. The first kappa shape index (κ1) is 7.73. The molecule has 1 rings (SSSR count). The van der Waals surface area contributed by atoms with E-state index in [1.807, 2.05) is 0 Å². The van der Waals surface area contributed by atoms with E-state index < -0.39 is 0 Å². The van der Waals surface area contributed by atoms with Gasteiger partial charge in [0.2, 0.25) is 0 Å². The van der Waals surface area contributed by atoms with E-state index in [0.717, 1.165) is 11.3 Å². The van der Waals surface area contributed by atoms with Crippen LogP contribution in [0, 0.1) is 12.3 Å². The molecule has 0 bridgehead atoms. The highest BCUT2D eigenvalue weighted by atomic mass is 16.6. The Bertz CT molecular complexity index is 260. The highest BCUT2D eigenvalue weighted by Crippen LogP contribution is 1.98. The lowest BCUT2D eigenvalue weighted by Crippen LogP contribution is -2.00. The smallest absolute Gasteiger partial charge is 0.110 e. The molecule has 2 N–H and O–H groups in total. The van der Waals surface area contributed by atoms with Gasteiger partial charge >= 0.3 is 0 Å². The number of pyridine rings is 1. The summed E-state index contributed by atoms with van der Waals surface area (Å²) in [4.78, 5) is 8.38. The number of nitrogens with two attached hydrogens (primary N) is 1. The van der Waals surface area contributed by atoms with Crippen LogP contribution in [0.3, 0.4) is 0 Å². The van der Waals surface area contributed by atoms with Crippen LogP contribution in [0.25, 0.3) is 0 Å². The molecule has 0 atom stereocenters. The van der Waals surface area contributed by atoms with E-state index in [4.69, 9.17) is 12.3 Å². The van der Waals surface area contributed by atoms with Crippen LogP contribution in [0.2, 0.25) is 0 Å². The normalized spacial score (nSPS) is 9.09. The molecule has 1 aromatic heterocycles. The van der Waals surface area contributed by atoms with Crippen molar-refractivity contribution in [3.8, 4) is 12.3 Å². The number of hydrogen-bond donors (Lipinski definition) is 1. The third kappa shape index (κ3) is 2.04. The van der Waals surface area contributed by atoms with Gasteiger partial charge < -0.3 is 0 Å². The van der Waals surface area contributed by atoms with Gasteiger partial charge in [0.1, 0.15) is 6.61 Å². The van der Waals surface area contributed by atoms with Crippen molar-refractivity contribution in [2.75, 3.05) is 0 Å². The second kappa shape index (κ2) is 3.71. The van der Waals surface area contributed by atoms with E-state index in [1.54, 1.807) is 18.3 Å². The van der Waals surface area contributed by atoms with E-state index in [2.05, 4.69) is 15.7 Å². The Labute approximate surface area is 65.2 Å². The fraction of sp³-hybridized carbons (Fsp3) is 0.125. The number of rotatable bonds is 2. The van der Waals surface area contributed by atoms with Crippen LogP contribution in [0.1, 0.15) is 11.3 Å². The first-order valence-electron chi connectivity index (χ1n) is 3.10. The lowest BCUT2D eigenvalue weighted by Gasteiger charge is -1.96. The van der Waals surface area contributed by atoms with Gasteiger partial charge in [-0.3, -0.25) is 9.82 Å². The largest absolute Gasteiger partial charge is 0.298 e. The minimum Gasteiger partial charge on any atom is -0.298 e. The van der Waals surface area contributed by atoms with Crippen molar-refractivity contribution in [2.24, 2.45) is 5.90 Å². The monoisotopic (exact) mass is 148 g/mol. The zero-order chi connectivity index (χ0) is 8.10. The molecule has 0 saturated carbocycles. The first-order valence-corrected chi connectivity index (χ1v) is 3.10. The summed E-state index contributed by atoms with van der Waals surface area (Å²) in [5.41, 5.74) is 1.53. The highest BCUT2D eigenvalue weighted by molar-refractivity contribution is 5.29. The maximum atomic E-state index is 5.13. The number of aromatic nitrogens is 1. The average Bonchev–Trinajstić information content (AvgIpc) is 2.07. The van der Waals surface area contributed by atoms with Crippen LogP contribution in [0.4, 0.5) is 0 Å². The molecule has 0 unspecified atom stereocenters. The summed E-state index contributed by atoms with van der Waals surface area (Å²) in [6, 6.07) is 3.57. The van der Waals surface area contributed by atoms with E-state index in [9.17, 15) is 0 Å². The number of terminal acetylenes is 1. The van der Waals surface area contributed by atoms with E-state index in [1.165, 1.54) is 0 Å². The van der Waals surface area contributed by atoms with Crippen LogP contribution >= 0.6 is 0 Å². The molecule has 0 aliphatic rings. The van der Waals surface area contributed by atoms with Gasteiger partial charge in [-0.25, -0.2) is 5.90 Å². The van der Waals surface area contributed by atoms with Crippen LogP contribution < -0.4 is 5.90 Å². The lowest BCUT2D eigenvalue weighted by atomic mass is 10.3. The van der Waals surface area contributed by atoms with Gasteiger partial charge in [0.05, 0.1) is 5.69 Å². The maximum absolute atomic E-state index is 5.13. The summed E-state index contributed by atoms with van der Waals surface area (Å²) in [7, 11) is 0. The van der Waals surface area contributed by atoms with Gasteiger partial charge in [-0.05, 0) is 12.1 Å². The molecule has 0 amide bonds. The van der Waals surface area contributed by atoms with Gasteiger partial charge in [-0.1, -0.05) is 5.92 Å². The molecule has 3 nitrogen and oxygen atoms in total. The van der Waals surface area contributed by atoms with Crippen LogP contribution in [0.5, 0.6) is 0 Å². The fourth-order valence-electron chi connectivity index (χ4n) is 0.681. The third-order valence-corrected chi connectivity index (χ3v) is 1.22. The molecule has 0 aliphatic carbocycles. The minimum absolute atomic E-state index is 0.310. The predicted octanol–water partition coefficient (Wildman–Crippen LogP) is 0.453. The van der Waals surface area contributed by atoms with Crippen molar-refractivity contribution >= 4 is 0 Å². The second-order valence-electron chi connectivity index (χ2n) is 1.99. The Balaban J connectivity index is 2.76. The molecule has 3 heteroatoms. The lowest BCUT2D eigenvalue weighted by molar-refractivity contribution is 0.121. The summed E-state index contributed by atoms with van der Waals surface area (Å²) in [6.45, 7) is 0.310. The molecule has 0 saturated heterocycles. The summed E-state index contributed by atoms with van der Waals surface area (Å²) >= 11 is 0.